The quantitative estimate of drug-likeness (QED) is 0.630. The number of methoxy groups -OCH3 is 2. The summed E-state index contributed by atoms with van der Waals surface area (Å²) in [6.45, 7) is 2.30. The zero-order chi connectivity index (χ0) is 21.5. The number of esters is 1. The van der Waals surface area contributed by atoms with Crippen LogP contribution in [-0.2, 0) is 20.7 Å². The highest BCUT2D eigenvalue weighted by Gasteiger charge is 2.33. The van der Waals surface area contributed by atoms with Gasteiger partial charge in [0, 0.05) is 37.6 Å². The van der Waals surface area contributed by atoms with Crippen molar-refractivity contribution in [2.45, 2.75) is 18.9 Å². The number of amides is 1. The molecule has 1 saturated heterocycles. The fraction of sp³-hybridized carbons (Fsp3) is 0.391. The standard InChI is InChI=1S/C23H27ClN2O4/c1-29-18-10-7-17(8-11-18)9-12-21(27)25-13-15-26(16-14-25)22(23(28)30-2)19-5-3-4-6-20(19)24/h3-8,10-11,22H,9,12-16H2,1-2H3. The SMILES string of the molecule is COC(=O)C(c1ccccc1Cl)N1CCN(C(=O)CCc2ccc(OC)cc2)CC1. The van der Waals surface area contributed by atoms with Gasteiger partial charge in [-0.3, -0.25) is 9.69 Å². The molecule has 0 saturated carbocycles. The van der Waals surface area contributed by atoms with Crippen LogP contribution in [0.25, 0.3) is 0 Å². The first kappa shape index (κ1) is 22.1. The summed E-state index contributed by atoms with van der Waals surface area (Å²) in [5.74, 6) is 0.583. The molecule has 7 heteroatoms. The van der Waals surface area contributed by atoms with Crippen molar-refractivity contribution in [1.82, 2.24) is 9.80 Å². The van der Waals surface area contributed by atoms with Gasteiger partial charge in [0.1, 0.15) is 11.8 Å². The van der Waals surface area contributed by atoms with Crippen molar-refractivity contribution in [1.29, 1.82) is 0 Å². The molecule has 0 bridgehead atoms. The molecule has 0 aliphatic carbocycles. The zero-order valence-corrected chi connectivity index (χ0v) is 18.1. The van der Waals surface area contributed by atoms with Gasteiger partial charge in [-0.15, -0.1) is 0 Å². The molecular weight excluding hydrogens is 404 g/mol. The second-order valence-electron chi connectivity index (χ2n) is 7.21. The highest BCUT2D eigenvalue weighted by molar-refractivity contribution is 6.31. The predicted molar refractivity (Wildman–Crippen MR) is 116 cm³/mol. The van der Waals surface area contributed by atoms with Gasteiger partial charge in [0.15, 0.2) is 0 Å². The Balaban J connectivity index is 1.57. The summed E-state index contributed by atoms with van der Waals surface area (Å²) in [6.07, 6.45) is 1.14. The van der Waals surface area contributed by atoms with E-state index in [1.54, 1.807) is 13.2 Å². The highest BCUT2D eigenvalue weighted by atomic mass is 35.5. The first-order chi connectivity index (χ1) is 14.5. The first-order valence-electron chi connectivity index (χ1n) is 10.0. The van der Waals surface area contributed by atoms with E-state index in [2.05, 4.69) is 0 Å². The van der Waals surface area contributed by atoms with Crippen LogP contribution in [-0.4, -0.2) is 62.1 Å². The van der Waals surface area contributed by atoms with E-state index in [4.69, 9.17) is 21.1 Å². The molecule has 2 aromatic carbocycles. The number of ether oxygens (including phenoxy) is 2. The van der Waals surface area contributed by atoms with Crippen molar-refractivity contribution in [3.63, 3.8) is 0 Å². The van der Waals surface area contributed by atoms with E-state index in [1.165, 1.54) is 7.11 Å². The summed E-state index contributed by atoms with van der Waals surface area (Å²) in [4.78, 5) is 29.0. The second-order valence-corrected chi connectivity index (χ2v) is 7.62. The third kappa shape index (κ3) is 5.32. The third-order valence-electron chi connectivity index (χ3n) is 5.44. The number of carbonyl (C=O) groups is 2. The number of hydrogen-bond acceptors (Lipinski definition) is 5. The number of aryl methyl sites for hydroxylation is 1. The van der Waals surface area contributed by atoms with E-state index in [0.29, 0.717) is 44.0 Å². The number of carbonyl (C=O) groups excluding carboxylic acids is 2. The van der Waals surface area contributed by atoms with Crippen LogP contribution in [0.4, 0.5) is 0 Å². The lowest BCUT2D eigenvalue weighted by Crippen LogP contribution is -2.51. The second kappa shape index (κ2) is 10.5. The normalized spacial score (nSPS) is 15.5. The minimum Gasteiger partial charge on any atom is -0.497 e. The van der Waals surface area contributed by atoms with Crippen molar-refractivity contribution >= 4 is 23.5 Å². The van der Waals surface area contributed by atoms with Crippen LogP contribution >= 0.6 is 11.6 Å². The van der Waals surface area contributed by atoms with E-state index in [1.807, 2.05) is 52.3 Å². The molecule has 1 aliphatic rings. The van der Waals surface area contributed by atoms with Crippen molar-refractivity contribution in [3.05, 3.63) is 64.7 Å². The molecule has 0 N–H and O–H groups in total. The number of hydrogen-bond donors (Lipinski definition) is 0. The molecule has 1 fully saturated rings. The Morgan fingerprint density at radius 3 is 2.27 bits per heavy atom. The van der Waals surface area contributed by atoms with Crippen LogP contribution in [0.5, 0.6) is 5.75 Å². The largest absolute Gasteiger partial charge is 0.497 e. The van der Waals surface area contributed by atoms with Crippen molar-refractivity contribution in [3.8, 4) is 5.75 Å². The Morgan fingerprint density at radius 2 is 1.67 bits per heavy atom. The van der Waals surface area contributed by atoms with Gasteiger partial charge in [-0.1, -0.05) is 41.9 Å². The lowest BCUT2D eigenvalue weighted by Gasteiger charge is -2.38. The summed E-state index contributed by atoms with van der Waals surface area (Å²) < 4.78 is 10.2. The highest BCUT2D eigenvalue weighted by Crippen LogP contribution is 2.29. The van der Waals surface area contributed by atoms with Gasteiger partial charge in [-0.2, -0.15) is 0 Å². The predicted octanol–water partition coefficient (Wildman–Crippen LogP) is 3.34. The van der Waals surface area contributed by atoms with Crippen LogP contribution in [0.3, 0.4) is 0 Å². The topological polar surface area (TPSA) is 59.1 Å². The Bertz CT molecular complexity index is 864. The van der Waals surface area contributed by atoms with Crippen LogP contribution in [0.15, 0.2) is 48.5 Å². The summed E-state index contributed by atoms with van der Waals surface area (Å²) >= 11 is 6.33. The Kier molecular flexibility index (Phi) is 7.71. The average molecular weight is 431 g/mol. The summed E-state index contributed by atoms with van der Waals surface area (Å²) in [6, 6.07) is 14.5. The Labute approximate surface area is 182 Å². The number of nitrogens with zero attached hydrogens (tertiary/aromatic N) is 2. The van der Waals surface area contributed by atoms with Crippen LogP contribution in [0.2, 0.25) is 5.02 Å². The molecule has 30 heavy (non-hydrogen) atoms. The summed E-state index contributed by atoms with van der Waals surface area (Å²) in [5.41, 5.74) is 1.83. The summed E-state index contributed by atoms with van der Waals surface area (Å²) in [5, 5.41) is 0.533. The van der Waals surface area contributed by atoms with Gasteiger partial charge < -0.3 is 14.4 Å². The Hall–Kier alpha value is -2.57. The number of halogens is 1. The number of benzene rings is 2. The van der Waals surface area contributed by atoms with E-state index >= 15 is 0 Å². The maximum atomic E-state index is 12.7. The van der Waals surface area contributed by atoms with Crippen LogP contribution < -0.4 is 4.74 Å². The maximum Gasteiger partial charge on any atom is 0.327 e. The van der Waals surface area contributed by atoms with Crippen LogP contribution in [0, 0.1) is 0 Å². The fourth-order valence-electron chi connectivity index (χ4n) is 3.71. The zero-order valence-electron chi connectivity index (χ0n) is 17.3. The molecule has 0 aromatic heterocycles. The van der Waals surface area contributed by atoms with E-state index in [9.17, 15) is 9.59 Å². The average Bonchev–Trinajstić information content (AvgIpc) is 2.79. The Morgan fingerprint density at radius 1 is 1.00 bits per heavy atom. The fourth-order valence-corrected chi connectivity index (χ4v) is 3.95. The molecule has 0 spiro atoms. The first-order valence-corrected chi connectivity index (χ1v) is 10.4. The van der Waals surface area contributed by atoms with Gasteiger partial charge in [0.25, 0.3) is 0 Å². The molecule has 6 nitrogen and oxygen atoms in total. The molecule has 3 rings (SSSR count). The number of rotatable bonds is 7. The van der Waals surface area contributed by atoms with E-state index in [0.717, 1.165) is 16.9 Å². The van der Waals surface area contributed by atoms with Crippen molar-refractivity contribution in [2.75, 3.05) is 40.4 Å². The van der Waals surface area contributed by atoms with Gasteiger partial charge in [0.2, 0.25) is 5.91 Å². The molecule has 1 heterocycles. The van der Waals surface area contributed by atoms with Gasteiger partial charge in [-0.25, -0.2) is 4.79 Å². The third-order valence-corrected chi connectivity index (χ3v) is 5.79. The molecule has 0 radical (unpaired) electrons. The van der Waals surface area contributed by atoms with Crippen LogP contribution in [0.1, 0.15) is 23.6 Å². The molecule has 1 amide bonds. The summed E-state index contributed by atoms with van der Waals surface area (Å²) in [7, 11) is 3.01. The minimum absolute atomic E-state index is 0.123. The van der Waals surface area contributed by atoms with E-state index < -0.39 is 6.04 Å². The van der Waals surface area contributed by atoms with E-state index in [-0.39, 0.29) is 11.9 Å². The smallest absolute Gasteiger partial charge is 0.327 e. The van der Waals surface area contributed by atoms with Gasteiger partial charge in [0.05, 0.1) is 14.2 Å². The lowest BCUT2D eigenvalue weighted by molar-refractivity contribution is -0.148. The van der Waals surface area contributed by atoms with Gasteiger partial charge in [-0.05, 0) is 35.7 Å². The molecule has 2 aromatic rings. The minimum atomic E-state index is -0.569. The molecule has 1 aliphatic heterocycles. The lowest BCUT2D eigenvalue weighted by atomic mass is 10.0. The van der Waals surface area contributed by atoms with Crippen molar-refractivity contribution in [2.24, 2.45) is 0 Å². The molecule has 160 valence electrons. The maximum absolute atomic E-state index is 12.7. The molecule has 1 unspecified atom stereocenters. The molecule has 1 atom stereocenters. The number of piperazine rings is 1. The monoisotopic (exact) mass is 430 g/mol. The van der Waals surface area contributed by atoms with Crippen molar-refractivity contribution < 1.29 is 19.1 Å². The van der Waals surface area contributed by atoms with Gasteiger partial charge >= 0.3 is 5.97 Å². The molecular formula is C23H27ClN2O4.